The number of likely N-dealkylation sites (N-methyl/N-ethyl adjacent to an activating group) is 1. The summed E-state index contributed by atoms with van der Waals surface area (Å²) in [6.45, 7) is 6.58. The highest BCUT2D eigenvalue weighted by Gasteiger charge is 2.18. The third-order valence-electron chi connectivity index (χ3n) is 4.03. The predicted molar refractivity (Wildman–Crippen MR) is 95.6 cm³/mol. The number of hydrogen-bond donors (Lipinski definition) is 2. The lowest BCUT2D eigenvalue weighted by Crippen LogP contribution is -2.33. The number of nitrogens with two attached hydrogens (primary N) is 1. The number of pyridine rings is 1. The van der Waals surface area contributed by atoms with Crippen molar-refractivity contribution in [3.05, 3.63) is 59.4 Å². The molecule has 0 saturated carbocycles. The Balaban J connectivity index is 2.04. The molecule has 0 radical (unpaired) electrons. The van der Waals surface area contributed by atoms with Gasteiger partial charge in [-0.15, -0.1) is 0 Å². The first-order valence-corrected chi connectivity index (χ1v) is 8.14. The number of amides is 1. The number of hydrogen-bond acceptors (Lipinski definition) is 4. The van der Waals surface area contributed by atoms with Gasteiger partial charge in [0.1, 0.15) is 0 Å². The zero-order chi connectivity index (χ0) is 17.7. The van der Waals surface area contributed by atoms with Crippen LogP contribution < -0.4 is 5.73 Å². The maximum Gasteiger partial charge on any atom is 0.255 e. The van der Waals surface area contributed by atoms with E-state index >= 15 is 0 Å². The maximum absolute atomic E-state index is 12.6. The van der Waals surface area contributed by atoms with Gasteiger partial charge in [-0.3, -0.25) is 9.78 Å². The lowest BCUT2D eigenvalue weighted by atomic mass is 10.0. The number of nitrogen functional groups attached to an aromatic ring is 1. The summed E-state index contributed by atoms with van der Waals surface area (Å²) >= 11 is 0. The summed E-state index contributed by atoms with van der Waals surface area (Å²) in [5.74, 6) is -0.0660. The van der Waals surface area contributed by atoms with Crippen molar-refractivity contribution >= 4 is 11.6 Å². The van der Waals surface area contributed by atoms with Gasteiger partial charge in [0.05, 0.1) is 11.2 Å². The molecule has 1 aromatic heterocycles. The van der Waals surface area contributed by atoms with Crippen molar-refractivity contribution in [2.45, 2.75) is 32.8 Å². The molecule has 2 rings (SSSR count). The molecule has 1 heterocycles. The molecule has 1 aromatic carbocycles. The van der Waals surface area contributed by atoms with E-state index in [1.807, 2.05) is 31.2 Å². The highest BCUT2D eigenvalue weighted by atomic mass is 16.3. The highest BCUT2D eigenvalue weighted by molar-refractivity contribution is 5.99. The Kier molecular flexibility index (Phi) is 5.57. The second kappa shape index (κ2) is 7.45. The van der Waals surface area contributed by atoms with Crippen LogP contribution in [0.1, 0.15) is 42.4 Å². The van der Waals surface area contributed by atoms with E-state index in [1.54, 1.807) is 37.1 Å². The van der Waals surface area contributed by atoms with Crippen LogP contribution in [0.15, 0.2) is 42.6 Å². The van der Waals surface area contributed by atoms with Gasteiger partial charge in [-0.25, -0.2) is 0 Å². The van der Waals surface area contributed by atoms with Crippen molar-refractivity contribution in [3.63, 3.8) is 0 Å². The number of anilines is 1. The zero-order valence-electron chi connectivity index (χ0n) is 14.5. The summed E-state index contributed by atoms with van der Waals surface area (Å²) in [5.41, 5.74) is 7.67. The van der Waals surface area contributed by atoms with Crippen LogP contribution in [0.5, 0.6) is 0 Å². The Morgan fingerprint density at radius 1 is 1.25 bits per heavy atom. The standard InChI is InChI=1S/C19H25N3O2/c1-4-22(18(23)16-7-5-6-8-17(16)20)12-11-15-10-9-14(13-21-15)19(2,3)24/h5-10,13,24H,4,11-12,20H2,1-3H3. The van der Waals surface area contributed by atoms with E-state index in [0.29, 0.717) is 30.8 Å². The predicted octanol–water partition coefficient (Wildman–Crippen LogP) is 2.60. The van der Waals surface area contributed by atoms with Crippen molar-refractivity contribution in [2.75, 3.05) is 18.8 Å². The molecule has 0 spiro atoms. The highest BCUT2D eigenvalue weighted by Crippen LogP contribution is 2.19. The van der Waals surface area contributed by atoms with Crippen LogP contribution in [0, 0.1) is 0 Å². The minimum Gasteiger partial charge on any atom is -0.398 e. The quantitative estimate of drug-likeness (QED) is 0.799. The first-order valence-electron chi connectivity index (χ1n) is 8.14. The van der Waals surface area contributed by atoms with Crippen LogP contribution in [0.3, 0.4) is 0 Å². The number of rotatable bonds is 6. The normalized spacial score (nSPS) is 11.3. The van der Waals surface area contributed by atoms with E-state index in [4.69, 9.17) is 5.73 Å². The fraction of sp³-hybridized carbons (Fsp3) is 0.368. The van der Waals surface area contributed by atoms with Gasteiger partial charge >= 0.3 is 0 Å². The van der Waals surface area contributed by atoms with E-state index < -0.39 is 5.60 Å². The van der Waals surface area contributed by atoms with E-state index in [2.05, 4.69) is 4.98 Å². The third kappa shape index (κ3) is 4.32. The van der Waals surface area contributed by atoms with Crippen LogP contribution in [0.25, 0.3) is 0 Å². The molecule has 0 aliphatic carbocycles. The molecule has 0 saturated heterocycles. The van der Waals surface area contributed by atoms with Crippen molar-refractivity contribution < 1.29 is 9.90 Å². The Hall–Kier alpha value is -2.40. The smallest absolute Gasteiger partial charge is 0.255 e. The number of carbonyl (C=O) groups is 1. The van der Waals surface area contributed by atoms with Crippen LogP contribution in [-0.4, -0.2) is 34.0 Å². The molecular weight excluding hydrogens is 302 g/mol. The first-order chi connectivity index (χ1) is 11.3. The molecule has 3 N–H and O–H groups in total. The molecule has 24 heavy (non-hydrogen) atoms. The Labute approximate surface area is 143 Å². The van der Waals surface area contributed by atoms with Gasteiger partial charge in [0, 0.05) is 42.7 Å². The summed E-state index contributed by atoms with van der Waals surface area (Å²) in [4.78, 5) is 18.7. The number of nitrogens with zero attached hydrogens (tertiary/aromatic N) is 2. The summed E-state index contributed by atoms with van der Waals surface area (Å²) < 4.78 is 0. The van der Waals surface area contributed by atoms with E-state index in [1.165, 1.54) is 0 Å². The SMILES string of the molecule is CCN(CCc1ccc(C(C)(C)O)cn1)C(=O)c1ccccc1N. The van der Waals surface area contributed by atoms with Gasteiger partial charge in [0.2, 0.25) is 0 Å². The number of carbonyl (C=O) groups excluding carboxylic acids is 1. The molecule has 0 unspecified atom stereocenters. The summed E-state index contributed by atoms with van der Waals surface area (Å²) in [6.07, 6.45) is 2.33. The van der Waals surface area contributed by atoms with Crippen LogP contribution in [0.2, 0.25) is 0 Å². The monoisotopic (exact) mass is 327 g/mol. The molecule has 0 aliphatic rings. The topological polar surface area (TPSA) is 79.5 Å². The fourth-order valence-corrected chi connectivity index (χ4v) is 2.45. The average Bonchev–Trinajstić information content (AvgIpc) is 2.55. The summed E-state index contributed by atoms with van der Waals surface area (Å²) in [5, 5.41) is 9.96. The molecule has 0 bridgehead atoms. The van der Waals surface area contributed by atoms with E-state index in [9.17, 15) is 9.90 Å². The fourth-order valence-electron chi connectivity index (χ4n) is 2.45. The number of aliphatic hydroxyl groups is 1. The molecule has 0 atom stereocenters. The number of aromatic nitrogens is 1. The second-order valence-electron chi connectivity index (χ2n) is 6.32. The van der Waals surface area contributed by atoms with Crippen molar-refractivity contribution in [1.29, 1.82) is 0 Å². The minimum absolute atomic E-state index is 0.0660. The van der Waals surface area contributed by atoms with Crippen molar-refractivity contribution in [1.82, 2.24) is 9.88 Å². The van der Waals surface area contributed by atoms with Gasteiger partial charge < -0.3 is 15.7 Å². The summed E-state index contributed by atoms with van der Waals surface area (Å²) in [6, 6.07) is 10.9. The molecule has 2 aromatic rings. The molecule has 128 valence electrons. The van der Waals surface area contributed by atoms with E-state index in [-0.39, 0.29) is 5.91 Å². The van der Waals surface area contributed by atoms with Crippen LogP contribution >= 0.6 is 0 Å². The van der Waals surface area contributed by atoms with Crippen LogP contribution in [0.4, 0.5) is 5.69 Å². The minimum atomic E-state index is -0.901. The zero-order valence-corrected chi connectivity index (χ0v) is 14.5. The Bertz CT molecular complexity index is 691. The lowest BCUT2D eigenvalue weighted by Gasteiger charge is -2.22. The molecular formula is C19H25N3O2. The molecule has 5 heteroatoms. The lowest BCUT2D eigenvalue weighted by molar-refractivity contribution is 0.0766. The average molecular weight is 327 g/mol. The van der Waals surface area contributed by atoms with Crippen molar-refractivity contribution in [3.8, 4) is 0 Å². The van der Waals surface area contributed by atoms with Gasteiger partial charge in [-0.1, -0.05) is 18.2 Å². The molecule has 5 nitrogen and oxygen atoms in total. The molecule has 0 fully saturated rings. The Morgan fingerprint density at radius 3 is 2.50 bits per heavy atom. The number of para-hydroxylation sites is 1. The number of benzene rings is 1. The molecule has 1 amide bonds. The second-order valence-corrected chi connectivity index (χ2v) is 6.32. The van der Waals surface area contributed by atoms with Gasteiger partial charge in [0.25, 0.3) is 5.91 Å². The largest absolute Gasteiger partial charge is 0.398 e. The first kappa shape index (κ1) is 17.9. The van der Waals surface area contributed by atoms with Gasteiger partial charge in [0.15, 0.2) is 0 Å². The van der Waals surface area contributed by atoms with Gasteiger partial charge in [-0.05, 0) is 39.0 Å². The van der Waals surface area contributed by atoms with Crippen molar-refractivity contribution in [2.24, 2.45) is 0 Å². The summed E-state index contributed by atoms with van der Waals surface area (Å²) in [7, 11) is 0. The molecule has 0 aliphatic heterocycles. The van der Waals surface area contributed by atoms with Gasteiger partial charge in [-0.2, -0.15) is 0 Å². The Morgan fingerprint density at radius 2 is 1.96 bits per heavy atom. The maximum atomic E-state index is 12.6. The van der Waals surface area contributed by atoms with E-state index in [0.717, 1.165) is 11.3 Å². The van der Waals surface area contributed by atoms with Crippen LogP contribution in [-0.2, 0) is 12.0 Å². The third-order valence-corrected chi connectivity index (χ3v) is 4.03.